The van der Waals surface area contributed by atoms with Gasteiger partial charge in [0.2, 0.25) is 0 Å². The highest BCUT2D eigenvalue weighted by atomic mass is 35.5. The van der Waals surface area contributed by atoms with Crippen molar-refractivity contribution in [3.63, 3.8) is 0 Å². The van der Waals surface area contributed by atoms with Crippen LogP contribution < -0.4 is 0 Å². The van der Waals surface area contributed by atoms with E-state index in [0.29, 0.717) is 49.0 Å². The smallest absolute Gasteiger partial charge is 0.339 e. The van der Waals surface area contributed by atoms with Gasteiger partial charge in [-0.2, -0.15) is 4.99 Å². The average Bonchev–Trinajstić information content (AvgIpc) is 3.18. The van der Waals surface area contributed by atoms with E-state index in [1.807, 2.05) is 41.3 Å². The van der Waals surface area contributed by atoms with Crippen LogP contribution in [0.25, 0.3) is 0 Å². The molecule has 1 unspecified atom stereocenters. The zero-order valence-electron chi connectivity index (χ0n) is 16.6. The molecule has 1 fully saturated rings. The first-order chi connectivity index (χ1) is 14.4. The van der Waals surface area contributed by atoms with Crippen molar-refractivity contribution in [3.05, 3.63) is 70.2 Å². The van der Waals surface area contributed by atoms with Gasteiger partial charge in [-0.3, -0.25) is 4.79 Å². The molecule has 0 N–H and O–H groups in total. The highest BCUT2D eigenvalue weighted by Crippen LogP contribution is 2.44. The molecule has 1 amide bonds. The number of carbonyl (C=O) groups excluding carboxylic acids is 2. The van der Waals surface area contributed by atoms with E-state index in [2.05, 4.69) is 4.99 Å². The molecule has 0 bridgehead atoms. The fraction of sp³-hybridized carbons (Fsp3) is 0.348. The van der Waals surface area contributed by atoms with Crippen LogP contribution in [0.2, 0.25) is 5.02 Å². The van der Waals surface area contributed by atoms with Crippen LogP contribution in [-0.2, 0) is 26.3 Å². The normalized spacial score (nSPS) is 24.5. The van der Waals surface area contributed by atoms with Crippen LogP contribution in [0.3, 0.4) is 0 Å². The number of likely N-dealkylation sites (tertiary alicyclic amines) is 1. The van der Waals surface area contributed by atoms with Gasteiger partial charge < -0.3 is 14.4 Å². The highest BCUT2D eigenvalue weighted by molar-refractivity contribution is 6.30. The molecule has 1 atom stereocenters. The quantitative estimate of drug-likeness (QED) is 0.687. The van der Waals surface area contributed by atoms with Gasteiger partial charge in [0.25, 0.3) is 11.9 Å². The molecule has 0 radical (unpaired) electrons. The molecule has 2 aromatic carbocycles. The molecule has 6 nitrogen and oxygen atoms in total. The van der Waals surface area contributed by atoms with Crippen molar-refractivity contribution in [1.29, 1.82) is 0 Å². The predicted molar refractivity (Wildman–Crippen MR) is 111 cm³/mol. The maximum absolute atomic E-state index is 12.6. The summed E-state index contributed by atoms with van der Waals surface area (Å²) in [6.45, 7) is 2.94. The van der Waals surface area contributed by atoms with E-state index >= 15 is 0 Å². The minimum atomic E-state index is -1.04. The van der Waals surface area contributed by atoms with Crippen LogP contribution in [0, 0.1) is 0 Å². The third-order valence-electron chi connectivity index (χ3n) is 6.19. The van der Waals surface area contributed by atoms with Crippen molar-refractivity contribution in [2.45, 2.75) is 37.4 Å². The Morgan fingerprint density at radius 1 is 1.03 bits per heavy atom. The summed E-state index contributed by atoms with van der Waals surface area (Å²) < 4.78 is 11.9. The molecule has 0 aliphatic carbocycles. The van der Waals surface area contributed by atoms with Crippen LogP contribution in [0.4, 0.5) is 0 Å². The van der Waals surface area contributed by atoms with Gasteiger partial charge in [0.1, 0.15) is 5.60 Å². The predicted octanol–water partition coefficient (Wildman–Crippen LogP) is 3.72. The minimum Gasteiger partial charge on any atom is -0.450 e. The Balaban J connectivity index is 1.28. The van der Waals surface area contributed by atoms with Gasteiger partial charge in [0, 0.05) is 42.9 Å². The van der Waals surface area contributed by atoms with Gasteiger partial charge in [-0.05, 0) is 30.7 Å². The van der Waals surface area contributed by atoms with E-state index in [4.69, 9.17) is 21.1 Å². The second-order valence-electron chi connectivity index (χ2n) is 8.25. The first-order valence-corrected chi connectivity index (χ1v) is 10.4. The van der Waals surface area contributed by atoms with Gasteiger partial charge in [0.15, 0.2) is 5.60 Å². The summed E-state index contributed by atoms with van der Waals surface area (Å²) in [6.07, 6.45) is 1.67. The first-order valence-electron chi connectivity index (χ1n) is 10.0. The molecule has 30 heavy (non-hydrogen) atoms. The van der Waals surface area contributed by atoms with Crippen LogP contribution in [0.15, 0.2) is 53.5 Å². The van der Waals surface area contributed by atoms with Crippen LogP contribution in [0.5, 0.6) is 0 Å². The Morgan fingerprint density at radius 2 is 1.73 bits per heavy atom. The third-order valence-corrected chi connectivity index (χ3v) is 6.44. The topological polar surface area (TPSA) is 68.2 Å². The number of nitrogens with zero attached hydrogens (tertiary/aromatic N) is 2. The number of rotatable bonds is 2. The van der Waals surface area contributed by atoms with Crippen LogP contribution in [0.1, 0.15) is 41.3 Å². The van der Waals surface area contributed by atoms with E-state index in [1.165, 1.54) is 0 Å². The lowest BCUT2D eigenvalue weighted by atomic mass is 9.84. The molecule has 0 saturated carbocycles. The number of amides is 1. The van der Waals surface area contributed by atoms with Crippen molar-refractivity contribution in [2.75, 3.05) is 13.1 Å². The third kappa shape index (κ3) is 3.06. The lowest BCUT2D eigenvalue weighted by Crippen LogP contribution is -2.47. The fourth-order valence-corrected chi connectivity index (χ4v) is 4.61. The second kappa shape index (κ2) is 6.84. The lowest BCUT2D eigenvalue weighted by Gasteiger charge is -2.39. The summed E-state index contributed by atoms with van der Waals surface area (Å²) in [7, 11) is 0. The maximum atomic E-state index is 12.6. The van der Waals surface area contributed by atoms with E-state index in [0.717, 1.165) is 11.1 Å². The Morgan fingerprint density at radius 3 is 2.47 bits per heavy atom. The van der Waals surface area contributed by atoms with Gasteiger partial charge in [-0.15, -0.1) is 0 Å². The number of piperidine rings is 1. The van der Waals surface area contributed by atoms with Gasteiger partial charge in [-0.1, -0.05) is 41.9 Å². The summed E-state index contributed by atoms with van der Waals surface area (Å²) in [5.74, 6) is -0.551. The Kier molecular flexibility index (Phi) is 4.36. The number of hydrogen-bond donors (Lipinski definition) is 0. The molecular formula is C23H21ClN2O4. The van der Waals surface area contributed by atoms with Crippen molar-refractivity contribution in [1.82, 2.24) is 4.90 Å². The summed E-state index contributed by atoms with van der Waals surface area (Å²) >= 11 is 5.95. The summed E-state index contributed by atoms with van der Waals surface area (Å²) in [4.78, 5) is 31.1. The number of fused-ring (bicyclic) bond motifs is 2. The molecule has 7 heteroatoms. The Bertz CT molecular complexity index is 1060. The monoisotopic (exact) mass is 424 g/mol. The molecule has 3 heterocycles. The van der Waals surface area contributed by atoms with E-state index in [1.54, 1.807) is 19.1 Å². The zero-order valence-corrected chi connectivity index (χ0v) is 17.3. The number of benzene rings is 2. The molecule has 3 aliphatic heterocycles. The fourth-order valence-electron chi connectivity index (χ4n) is 4.49. The molecule has 1 spiro atoms. The second-order valence-corrected chi connectivity index (χ2v) is 8.69. The largest absolute Gasteiger partial charge is 0.450 e. The highest BCUT2D eigenvalue weighted by Gasteiger charge is 2.50. The van der Waals surface area contributed by atoms with Gasteiger partial charge in [0.05, 0.1) is 5.56 Å². The standard InChI is InChI=1S/C23H21ClN2O4/c1-22(14-15-6-8-16(24)9-7-15)20(28)25-21(30-22)26-12-10-23(11-13-26)18-5-3-2-4-17(18)19(27)29-23/h2-9H,10-14H2,1H3. The number of ether oxygens (including phenoxy) is 2. The number of carbonyl (C=O) groups is 2. The molecule has 2 aromatic rings. The Labute approximate surface area is 179 Å². The number of aliphatic imine (C=N–C) groups is 1. The van der Waals surface area contributed by atoms with Crippen molar-refractivity contribution >= 4 is 29.5 Å². The SMILES string of the molecule is CC1(Cc2ccc(Cl)cc2)OC(N2CCC3(CC2)OC(=O)c2ccccc23)=NC1=O. The first kappa shape index (κ1) is 19.1. The van der Waals surface area contributed by atoms with E-state index in [-0.39, 0.29) is 11.9 Å². The molecule has 3 aliphatic rings. The molecule has 0 aromatic heterocycles. The van der Waals surface area contributed by atoms with E-state index < -0.39 is 11.2 Å². The Hall–Kier alpha value is -2.86. The van der Waals surface area contributed by atoms with Gasteiger partial charge >= 0.3 is 5.97 Å². The summed E-state index contributed by atoms with van der Waals surface area (Å²) in [5, 5.41) is 0.649. The van der Waals surface area contributed by atoms with Crippen LogP contribution >= 0.6 is 11.6 Å². The van der Waals surface area contributed by atoms with Crippen LogP contribution in [-0.4, -0.2) is 41.5 Å². The molecule has 154 valence electrons. The minimum absolute atomic E-state index is 0.265. The van der Waals surface area contributed by atoms with Crippen molar-refractivity contribution in [3.8, 4) is 0 Å². The number of esters is 1. The van der Waals surface area contributed by atoms with Crippen molar-refractivity contribution < 1.29 is 19.1 Å². The van der Waals surface area contributed by atoms with Crippen molar-refractivity contribution in [2.24, 2.45) is 4.99 Å². The number of hydrogen-bond acceptors (Lipinski definition) is 5. The molecule has 1 saturated heterocycles. The number of halogens is 1. The van der Waals surface area contributed by atoms with E-state index in [9.17, 15) is 9.59 Å². The summed E-state index contributed by atoms with van der Waals surface area (Å²) in [5.41, 5.74) is 0.919. The average molecular weight is 425 g/mol. The lowest BCUT2D eigenvalue weighted by molar-refractivity contribution is -0.129. The zero-order chi connectivity index (χ0) is 20.9. The summed E-state index contributed by atoms with van der Waals surface area (Å²) in [6, 6.07) is 15.3. The maximum Gasteiger partial charge on any atom is 0.339 e. The molecule has 5 rings (SSSR count). The molecular weight excluding hydrogens is 404 g/mol. The number of amidine groups is 1. The van der Waals surface area contributed by atoms with Gasteiger partial charge in [-0.25, -0.2) is 4.79 Å².